The van der Waals surface area contributed by atoms with Crippen molar-refractivity contribution >= 4 is 5.97 Å². The van der Waals surface area contributed by atoms with Crippen LogP contribution in [-0.2, 0) is 4.79 Å². The number of aromatic nitrogens is 3. The number of hydrogen-bond acceptors (Lipinski definition) is 6. The average Bonchev–Trinajstić information content (AvgIpc) is 3.19. The van der Waals surface area contributed by atoms with E-state index in [0.29, 0.717) is 11.7 Å². The molecule has 1 aliphatic heterocycles. The van der Waals surface area contributed by atoms with Crippen LogP contribution in [0.25, 0.3) is 11.5 Å². The fourth-order valence-electron chi connectivity index (χ4n) is 1.87. The largest absolute Gasteiger partial charge is 0.490 e. The molecule has 1 aliphatic rings. The molecule has 3 rings (SSSR count). The van der Waals surface area contributed by atoms with Gasteiger partial charge in [0.05, 0.1) is 6.04 Å². The van der Waals surface area contributed by atoms with Crippen LogP contribution in [0.2, 0.25) is 0 Å². The summed E-state index contributed by atoms with van der Waals surface area (Å²) in [5.74, 6) is -1.53. The molecule has 0 spiro atoms. The monoisotopic (exact) mass is 330 g/mol. The Hall–Kier alpha value is -2.49. The standard InChI is InChI=1S/C11H12N4O.C2HF3O2/c1-2-6-12-8(4-1)10-14-11(16-15-10)9-5-3-7-13-9;3-2(4,5)1(6)7/h1-2,4,6,9,13H,3,5,7H2;(H,6,7). The Balaban J connectivity index is 0.000000236. The maximum atomic E-state index is 10.6. The second-order valence-electron chi connectivity index (χ2n) is 4.62. The molecule has 0 saturated carbocycles. The first-order valence-corrected chi connectivity index (χ1v) is 6.66. The molecule has 1 fully saturated rings. The lowest BCUT2D eigenvalue weighted by Crippen LogP contribution is -2.21. The van der Waals surface area contributed by atoms with E-state index < -0.39 is 12.1 Å². The van der Waals surface area contributed by atoms with Gasteiger partial charge in [-0.05, 0) is 31.5 Å². The lowest BCUT2D eigenvalue weighted by Gasteiger charge is -2.01. The fraction of sp³-hybridized carbons (Fsp3) is 0.385. The van der Waals surface area contributed by atoms with Gasteiger partial charge >= 0.3 is 12.1 Å². The molecule has 2 aromatic rings. The Labute approximate surface area is 128 Å². The smallest absolute Gasteiger partial charge is 0.475 e. The van der Waals surface area contributed by atoms with Crippen molar-refractivity contribution in [3.8, 4) is 11.5 Å². The predicted molar refractivity (Wildman–Crippen MR) is 71.2 cm³/mol. The molecule has 2 aromatic heterocycles. The Kier molecular flexibility index (Phi) is 5.27. The van der Waals surface area contributed by atoms with Crippen LogP contribution in [0, 0.1) is 0 Å². The molecular formula is C13H13F3N4O3. The van der Waals surface area contributed by atoms with Crippen LogP contribution in [0.3, 0.4) is 0 Å². The molecule has 7 nitrogen and oxygen atoms in total. The number of nitrogens with zero attached hydrogens (tertiary/aromatic N) is 3. The third-order valence-corrected chi connectivity index (χ3v) is 2.94. The molecule has 1 atom stereocenters. The summed E-state index contributed by atoms with van der Waals surface area (Å²) in [6, 6.07) is 5.86. The maximum absolute atomic E-state index is 10.6. The van der Waals surface area contributed by atoms with Gasteiger partial charge in [0.25, 0.3) is 0 Å². The van der Waals surface area contributed by atoms with Crippen molar-refractivity contribution in [3.63, 3.8) is 0 Å². The average molecular weight is 330 g/mol. The zero-order valence-corrected chi connectivity index (χ0v) is 11.7. The third-order valence-electron chi connectivity index (χ3n) is 2.94. The Morgan fingerprint density at radius 3 is 2.65 bits per heavy atom. The van der Waals surface area contributed by atoms with Crippen LogP contribution < -0.4 is 5.32 Å². The molecule has 0 bridgehead atoms. The second-order valence-corrected chi connectivity index (χ2v) is 4.62. The molecular weight excluding hydrogens is 317 g/mol. The van der Waals surface area contributed by atoms with Gasteiger partial charge in [-0.1, -0.05) is 11.2 Å². The Morgan fingerprint density at radius 2 is 2.13 bits per heavy atom. The highest BCUT2D eigenvalue weighted by Gasteiger charge is 2.38. The van der Waals surface area contributed by atoms with Gasteiger partial charge < -0.3 is 14.9 Å². The summed E-state index contributed by atoms with van der Waals surface area (Å²) in [6.45, 7) is 1.02. The highest BCUT2D eigenvalue weighted by Crippen LogP contribution is 2.23. The number of rotatable bonds is 2. The lowest BCUT2D eigenvalue weighted by molar-refractivity contribution is -0.192. The van der Waals surface area contributed by atoms with Crippen molar-refractivity contribution in [3.05, 3.63) is 30.3 Å². The first kappa shape index (κ1) is 16.9. The van der Waals surface area contributed by atoms with Crippen molar-refractivity contribution in [1.29, 1.82) is 0 Å². The molecule has 3 heterocycles. The van der Waals surface area contributed by atoms with Gasteiger partial charge in [-0.2, -0.15) is 18.2 Å². The summed E-state index contributed by atoms with van der Waals surface area (Å²) in [6.07, 6.45) is -1.14. The van der Waals surface area contributed by atoms with Crippen molar-refractivity contribution < 1.29 is 27.6 Å². The highest BCUT2D eigenvalue weighted by molar-refractivity contribution is 5.73. The molecule has 0 aliphatic carbocycles. The van der Waals surface area contributed by atoms with Crippen molar-refractivity contribution in [1.82, 2.24) is 20.4 Å². The molecule has 23 heavy (non-hydrogen) atoms. The van der Waals surface area contributed by atoms with Crippen LogP contribution in [-0.4, -0.2) is 38.9 Å². The minimum Gasteiger partial charge on any atom is -0.475 e. The van der Waals surface area contributed by atoms with E-state index >= 15 is 0 Å². The normalized spacial score (nSPS) is 17.4. The number of hydrogen-bond donors (Lipinski definition) is 2. The van der Waals surface area contributed by atoms with Gasteiger partial charge in [-0.15, -0.1) is 0 Å². The third kappa shape index (κ3) is 4.74. The van der Waals surface area contributed by atoms with Crippen molar-refractivity contribution in [2.45, 2.75) is 25.1 Å². The van der Waals surface area contributed by atoms with Crippen molar-refractivity contribution in [2.75, 3.05) is 6.54 Å². The van der Waals surface area contributed by atoms with E-state index in [1.807, 2.05) is 18.2 Å². The first-order chi connectivity index (χ1) is 10.9. The summed E-state index contributed by atoms with van der Waals surface area (Å²) in [5.41, 5.74) is 0.746. The lowest BCUT2D eigenvalue weighted by atomic mass is 10.2. The SMILES string of the molecule is O=C(O)C(F)(F)F.c1ccc(-c2noc(C3CCCN3)n2)nc1. The Bertz CT molecular complexity index is 639. The zero-order chi connectivity index (χ0) is 16.9. The number of pyridine rings is 1. The number of carboxylic acid groups (broad SMARTS) is 1. The van der Waals surface area contributed by atoms with Crippen molar-refractivity contribution in [2.24, 2.45) is 0 Å². The van der Waals surface area contributed by atoms with E-state index in [4.69, 9.17) is 14.4 Å². The topological polar surface area (TPSA) is 101 Å². The molecule has 0 amide bonds. The first-order valence-electron chi connectivity index (χ1n) is 6.66. The van der Waals surface area contributed by atoms with E-state index in [0.717, 1.165) is 25.1 Å². The molecule has 1 unspecified atom stereocenters. The number of nitrogens with one attached hydrogen (secondary N) is 1. The van der Waals surface area contributed by atoms with Crippen LogP contribution in [0.5, 0.6) is 0 Å². The number of halogens is 3. The van der Waals surface area contributed by atoms with Gasteiger partial charge in [0.1, 0.15) is 5.69 Å². The van der Waals surface area contributed by atoms with E-state index in [1.165, 1.54) is 0 Å². The van der Waals surface area contributed by atoms with Crippen LogP contribution in [0.1, 0.15) is 24.8 Å². The summed E-state index contributed by atoms with van der Waals surface area (Å²) in [4.78, 5) is 17.4. The highest BCUT2D eigenvalue weighted by atomic mass is 19.4. The maximum Gasteiger partial charge on any atom is 0.490 e. The molecule has 0 radical (unpaired) electrons. The van der Waals surface area contributed by atoms with E-state index in [9.17, 15) is 13.2 Å². The van der Waals surface area contributed by atoms with Gasteiger partial charge in [0, 0.05) is 6.20 Å². The van der Waals surface area contributed by atoms with Gasteiger partial charge in [-0.25, -0.2) is 4.79 Å². The quantitative estimate of drug-likeness (QED) is 0.870. The summed E-state index contributed by atoms with van der Waals surface area (Å²) in [7, 11) is 0. The predicted octanol–water partition coefficient (Wildman–Crippen LogP) is 2.19. The summed E-state index contributed by atoms with van der Waals surface area (Å²) < 4.78 is 37.0. The number of aliphatic carboxylic acids is 1. The molecule has 2 N–H and O–H groups in total. The number of carboxylic acids is 1. The molecule has 10 heteroatoms. The van der Waals surface area contributed by atoms with Gasteiger partial charge in [-0.3, -0.25) is 4.98 Å². The fourth-order valence-corrected chi connectivity index (χ4v) is 1.87. The molecule has 1 saturated heterocycles. The molecule has 0 aromatic carbocycles. The minimum absolute atomic E-state index is 0.213. The summed E-state index contributed by atoms with van der Waals surface area (Å²) in [5, 5.41) is 14.4. The van der Waals surface area contributed by atoms with Gasteiger partial charge in [0.2, 0.25) is 11.7 Å². The number of alkyl halides is 3. The molecule has 124 valence electrons. The Morgan fingerprint density at radius 1 is 1.39 bits per heavy atom. The number of carbonyl (C=O) groups is 1. The van der Waals surface area contributed by atoms with Crippen LogP contribution in [0.15, 0.2) is 28.9 Å². The van der Waals surface area contributed by atoms with E-state index in [2.05, 4.69) is 20.4 Å². The van der Waals surface area contributed by atoms with E-state index in [-0.39, 0.29) is 6.04 Å². The van der Waals surface area contributed by atoms with Crippen LogP contribution in [0.4, 0.5) is 13.2 Å². The van der Waals surface area contributed by atoms with Crippen LogP contribution >= 0.6 is 0 Å². The van der Waals surface area contributed by atoms with E-state index in [1.54, 1.807) is 6.20 Å². The van der Waals surface area contributed by atoms with Gasteiger partial charge in [0.15, 0.2) is 0 Å². The second kappa shape index (κ2) is 7.18. The summed E-state index contributed by atoms with van der Waals surface area (Å²) >= 11 is 0. The minimum atomic E-state index is -5.08. The zero-order valence-electron chi connectivity index (χ0n) is 11.7.